The summed E-state index contributed by atoms with van der Waals surface area (Å²) in [5.74, 6) is -3.85. The molecule has 0 aromatic heterocycles. The minimum atomic E-state index is -4.99. The van der Waals surface area contributed by atoms with Gasteiger partial charge in [0, 0.05) is 62.7 Å². The number of nitrogens with zero attached hydrogens (tertiary/aromatic N) is 2. The number of anilines is 1. The number of nitrogens with one attached hydrogen (secondary N) is 4. The molecule has 2 aromatic carbocycles. The maximum atomic E-state index is 15.9. The van der Waals surface area contributed by atoms with Gasteiger partial charge in [-0.3, -0.25) is 10.2 Å². The summed E-state index contributed by atoms with van der Waals surface area (Å²) in [7, 11) is 4.19. The van der Waals surface area contributed by atoms with Gasteiger partial charge in [0.2, 0.25) is 12.2 Å². The number of hydrogen-bond donors (Lipinski definition) is 8. The van der Waals surface area contributed by atoms with Gasteiger partial charge >= 0.3 is 12.4 Å². The fourth-order valence-electron chi connectivity index (χ4n) is 7.15. The van der Waals surface area contributed by atoms with Crippen LogP contribution in [0.15, 0.2) is 65.7 Å². The van der Waals surface area contributed by atoms with Crippen LogP contribution in [-0.2, 0) is 22.1 Å². The fourth-order valence-corrected chi connectivity index (χ4v) is 7.15. The Bertz CT molecular complexity index is 1920. The molecule has 1 aliphatic carbocycles. The Kier molecular flexibility index (Phi) is 19.8. The normalized spacial score (nSPS) is 15.8. The average Bonchev–Trinajstić information content (AvgIpc) is 3.74. The van der Waals surface area contributed by atoms with E-state index in [0.717, 1.165) is 19.2 Å². The summed E-state index contributed by atoms with van der Waals surface area (Å²) in [4.78, 5) is 13.4. The second kappa shape index (κ2) is 23.8. The first-order valence-corrected chi connectivity index (χ1v) is 20.0. The largest absolute Gasteiger partial charge is 0.510 e. The van der Waals surface area contributed by atoms with Gasteiger partial charge in [0.25, 0.3) is 0 Å². The maximum Gasteiger partial charge on any atom is 0.430 e. The molecule has 1 fully saturated rings. The molecular formula is C42H56F8N6O7. The molecule has 0 radical (unpaired) electrons. The zero-order valence-electron chi connectivity index (χ0n) is 35.2. The summed E-state index contributed by atoms with van der Waals surface area (Å²) in [6.45, 7) is 4.45. The number of alkyl halides is 6. The van der Waals surface area contributed by atoms with Crippen molar-refractivity contribution in [2.45, 2.75) is 68.9 Å². The van der Waals surface area contributed by atoms with Crippen LogP contribution in [0.2, 0.25) is 0 Å². The highest BCUT2D eigenvalue weighted by atomic mass is 19.4. The molecule has 21 heteroatoms. The van der Waals surface area contributed by atoms with Crippen molar-refractivity contribution in [3.63, 3.8) is 0 Å². The first kappa shape index (κ1) is 52.5. The molecule has 0 aliphatic heterocycles. The molecule has 0 heterocycles. The van der Waals surface area contributed by atoms with Crippen molar-refractivity contribution < 1.29 is 69.8 Å². The summed E-state index contributed by atoms with van der Waals surface area (Å²) < 4.78 is 125. The number of hydrogen-bond acceptors (Lipinski definition) is 12. The van der Waals surface area contributed by atoms with Crippen LogP contribution >= 0.6 is 0 Å². The molecule has 0 spiro atoms. The van der Waals surface area contributed by atoms with E-state index in [2.05, 4.69) is 17.3 Å². The summed E-state index contributed by atoms with van der Waals surface area (Å²) in [6.07, 6.45) is -8.31. The van der Waals surface area contributed by atoms with E-state index in [-0.39, 0.29) is 74.3 Å². The quantitative estimate of drug-likeness (QED) is 0.0106. The van der Waals surface area contributed by atoms with E-state index >= 15 is 8.78 Å². The standard InChI is InChI=1S/C42H56F8N6O7/c1-26(54-34-11-9-29(41(45,46)47)20-32(34)33(51)21-36(52-2)42(48,49)50)31(39(61)40(13-5-6-14-40)56(4)53-25-59)19-28-8-12-35(38(44)37(28)43)63-18-17-62-16-15-55(3)22-27(23-57)7-10-30(60)24-58/h8-9,11-12,20-21,25,27,30,51-52,54,57-58,60-61H,1,5-7,10,13-19,22-24H2,2-4H3,(H,53,59)/b36-21-,39-31-,51-33?. The third-order valence-electron chi connectivity index (χ3n) is 10.7. The van der Waals surface area contributed by atoms with Gasteiger partial charge in [0.15, 0.2) is 11.6 Å². The Morgan fingerprint density at radius 3 is 2.27 bits per heavy atom. The molecule has 1 aliphatic rings. The number of hydrazine groups is 1. The number of likely N-dealkylation sites (N-methyl/N-ethyl adjacent to an activating group) is 2. The third-order valence-corrected chi connectivity index (χ3v) is 10.7. The second-order valence-corrected chi connectivity index (χ2v) is 15.2. The Morgan fingerprint density at radius 1 is 1.00 bits per heavy atom. The molecule has 0 bridgehead atoms. The molecule has 3 rings (SSSR count). The molecule has 13 nitrogen and oxygen atoms in total. The Labute approximate surface area is 360 Å². The molecule has 2 unspecified atom stereocenters. The van der Waals surface area contributed by atoms with E-state index in [1.165, 1.54) is 18.1 Å². The third kappa shape index (κ3) is 14.6. The number of halogens is 8. The van der Waals surface area contributed by atoms with Crippen molar-refractivity contribution in [3.05, 3.63) is 94.0 Å². The number of rotatable bonds is 26. The number of ether oxygens (including phenoxy) is 2. The first-order chi connectivity index (χ1) is 29.6. The smallest absolute Gasteiger partial charge is 0.430 e. The van der Waals surface area contributed by atoms with E-state index in [9.17, 15) is 46.5 Å². The van der Waals surface area contributed by atoms with Gasteiger partial charge in [-0.1, -0.05) is 25.5 Å². The Balaban J connectivity index is 1.90. The van der Waals surface area contributed by atoms with Crippen molar-refractivity contribution >= 4 is 17.8 Å². The predicted molar refractivity (Wildman–Crippen MR) is 219 cm³/mol. The number of allylic oxidation sites excluding steroid dienone is 3. The summed E-state index contributed by atoms with van der Waals surface area (Å²) in [6, 6.07) is 4.25. The zero-order valence-corrected chi connectivity index (χ0v) is 35.2. The van der Waals surface area contributed by atoms with Crippen molar-refractivity contribution in [3.8, 4) is 5.75 Å². The molecule has 0 saturated heterocycles. The summed E-state index contributed by atoms with van der Waals surface area (Å²) in [5.41, 5.74) is -4.38. The Hall–Kier alpha value is -4.80. The summed E-state index contributed by atoms with van der Waals surface area (Å²) >= 11 is 0. The molecular weight excluding hydrogens is 852 g/mol. The molecule has 1 saturated carbocycles. The van der Waals surface area contributed by atoms with Gasteiger partial charge in [-0.05, 0) is 74.6 Å². The number of carbonyl (C=O) groups is 1. The second-order valence-electron chi connectivity index (χ2n) is 15.2. The topological polar surface area (TPSA) is 183 Å². The van der Waals surface area contributed by atoms with Crippen molar-refractivity contribution in [2.75, 3.05) is 72.6 Å². The van der Waals surface area contributed by atoms with E-state index in [0.29, 0.717) is 63.4 Å². The van der Waals surface area contributed by atoms with Crippen molar-refractivity contribution in [2.24, 2.45) is 5.92 Å². The highest BCUT2D eigenvalue weighted by Gasteiger charge is 2.44. The van der Waals surface area contributed by atoms with Crippen LogP contribution in [-0.4, -0.2) is 128 Å². The van der Waals surface area contributed by atoms with Crippen LogP contribution in [0.5, 0.6) is 5.75 Å². The van der Waals surface area contributed by atoms with Gasteiger partial charge in [0.1, 0.15) is 18.1 Å². The van der Waals surface area contributed by atoms with E-state index in [4.69, 9.17) is 20.0 Å². The molecule has 63 heavy (non-hydrogen) atoms. The number of amides is 1. The maximum absolute atomic E-state index is 15.9. The van der Waals surface area contributed by atoms with Gasteiger partial charge in [-0.25, -0.2) is 9.40 Å². The van der Waals surface area contributed by atoms with Crippen LogP contribution in [0.1, 0.15) is 55.2 Å². The lowest BCUT2D eigenvalue weighted by Gasteiger charge is -2.38. The average molecular weight is 909 g/mol. The van der Waals surface area contributed by atoms with Gasteiger partial charge in [-0.15, -0.1) is 0 Å². The van der Waals surface area contributed by atoms with Gasteiger partial charge in [0.05, 0.1) is 42.7 Å². The molecule has 8 N–H and O–H groups in total. The molecule has 1 amide bonds. The lowest BCUT2D eigenvalue weighted by molar-refractivity contribution is -0.137. The number of aliphatic hydroxyl groups is 4. The minimum Gasteiger partial charge on any atom is -0.510 e. The first-order valence-electron chi connectivity index (χ1n) is 20.0. The van der Waals surface area contributed by atoms with Gasteiger partial charge in [-0.2, -0.15) is 30.7 Å². The monoisotopic (exact) mass is 908 g/mol. The fraction of sp³-hybridized carbons (Fsp3) is 0.524. The predicted octanol–water partition coefficient (Wildman–Crippen LogP) is 5.97. The highest BCUT2D eigenvalue weighted by Crippen LogP contribution is 2.42. The van der Waals surface area contributed by atoms with Crippen LogP contribution in [0.4, 0.5) is 40.8 Å². The SMILES string of the molecule is C=C(Nc1ccc(C(F)(F)F)cc1C(=N)/C=C(\NC)C(F)(F)F)/C(Cc1ccc(OCCOCCN(C)CC(CO)CCC(O)CO)c(F)c1F)=C(\O)C1(N(C)NC=O)CCCC1. The number of benzene rings is 2. The van der Waals surface area contributed by atoms with Gasteiger partial charge < -0.3 is 50.8 Å². The molecule has 2 aromatic rings. The van der Waals surface area contributed by atoms with Crippen LogP contribution in [0.25, 0.3) is 0 Å². The van der Waals surface area contributed by atoms with Crippen LogP contribution < -0.4 is 20.8 Å². The summed E-state index contributed by atoms with van der Waals surface area (Å²) in [5, 5.41) is 54.5. The highest BCUT2D eigenvalue weighted by molar-refractivity contribution is 6.11. The zero-order chi connectivity index (χ0) is 47.1. The number of carbonyl (C=O) groups excluding carboxylic acids is 1. The van der Waals surface area contributed by atoms with E-state index < -0.39 is 76.1 Å². The van der Waals surface area contributed by atoms with E-state index in [1.54, 1.807) is 0 Å². The van der Waals surface area contributed by atoms with E-state index in [1.807, 2.05) is 17.3 Å². The number of aliphatic hydroxyl groups excluding tert-OH is 4. The van der Waals surface area contributed by atoms with Crippen LogP contribution in [0.3, 0.4) is 0 Å². The Morgan fingerprint density at radius 2 is 1.68 bits per heavy atom. The van der Waals surface area contributed by atoms with Crippen molar-refractivity contribution in [1.82, 2.24) is 20.7 Å². The molecule has 2 atom stereocenters. The minimum absolute atomic E-state index is 0.00882. The lowest BCUT2D eigenvalue weighted by Crippen LogP contribution is -2.53. The van der Waals surface area contributed by atoms with Crippen molar-refractivity contribution in [1.29, 1.82) is 5.41 Å². The van der Waals surface area contributed by atoms with Crippen LogP contribution in [0, 0.1) is 23.0 Å². The lowest BCUT2D eigenvalue weighted by atomic mass is 9.87. The molecule has 352 valence electrons.